The molecule has 2 rings (SSSR count). The van der Waals surface area contributed by atoms with Crippen LogP contribution >= 0.6 is 0 Å². The van der Waals surface area contributed by atoms with Crippen LogP contribution in [-0.4, -0.2) is 25.0 Å². The first-order valence-corrected chi connectivity index (χ1v) is 5.41. The van der Waals surface area contributed by atoms with Gasteiger partial charge < -0.3 is 5.73 Å². The predicted octanol–water partition coefficient (Wildman–Crippen LogP) is 1.70. The van der Waals surface area contributed by atoms with Crippen molar-refractivity contribution in [3.63, 3.8) is 0 Å². The highest BCUT2D eigenvalue weighted by molar-refractivity contribution is 5.33. The maximum Gasteiger partial charge on any atom is 0.128 e. The van der Waals surface area contributed by atoms with E-state index in [2.05, 4.69) is 4.90 Å². The molecule has 0 aliphatic carbocycles. The molecule has 0 saturated carbocycles. The van der Waals surface area contributed by atoms with Crippen molar-refractivity contribution in [3.8, 4) is 0 Å². The van der Waals surface area contributed by atoms with Gasteiger partial charge in [-0.15, -0.1) is 0 Å². The molecule has 1 aromatic carbocycles. The number of rotatable bonds is 2. The van der Waals surface area contributed by atoms with Crippen molar-refractivity contribution in [2.75, 3.05) is 20.1 Å². The molecule has 1 atom stereocenters. The van der Waals surface area contributed by atoms with Crippen molar-refractivity contribution in [2.24, 2.45) is 5.73 Å². The Bertz CT molecular complexity index is 351. The van der Waals surface area contributed by atoms with Crippen LogP contribution in [0.2, 0.25) is 0 Å². The molecule has 0 bridgehead atoms. The second-order valence-electron chi connectivity index (χ2n) is 4.14. The van der Waals surface area contributed by atoms with Gasteiger partial charge in [0.25, 0.3) is 0 Å². The largest absolute Gasteiger partial charge is 0.330 e. The maximum atomic E-state index is 13.8. The lowest BCUT2D eigenvalue weighted by atomic mass is 9.90. The molecule has 2 N–H and O–H groups in total. The summed E-state index contributed by atoms with van der Waals surface area (Å²) in [5, 5.41) is 0. The van der Waals surface area contributed by atoms with Crippen LogP contribution in [0, 0.1) is 5.82 Å². The van der Waals surface area contributed by atoms with Crippen LogP contribution in [0.25, 0.3) is 0 Å². The molecule has 0 fully saturated rings. The van der Waals surface area contributed by atoms with Crippen molar-refractivity contribution in [1.82, 2.24) is 4.90 Å². The summed E-state index contributed by atoms with van der Waals surface area (Å²) < 4.78 is 13.8. The van der Waals surface area contributed by atoms with E-state index >= 15 is 0 Å². The number of likely N-dealkylation sites (N-methyl/N-ethyl adjacent to an activating group) is 1. The minimum Gasteiger partial charge on any atom is -0.330 e. The van der Waals surface area contributed by atoms with Gasteiger partial charge in [0.05, 0.1) is 0 Å². The zero-order valence-electron chi connectivity index (χ0n) is 9.04. The molecule has 2 nitrogen and oxygen atoms in total. The van der Waals surface area contributed by atoms with Crippen molar-refractivity contribution in [3.05, 3.63) is 35.1 Å². The molecule has 1 aromatic rings. The summed E-state index contributed by atoms with van der Waals surface area (Å²) in [7, 11) is 2.04. The predicted molar refractivity (Wildman–Crippen MR) is 59.1 cm³/mol. The van der Waals surface area contributed by atoms with Gasteiger partial charge in [-0.1, -0.05) is 12.1 Å². The first-order chi connectivity index (χ1) is 7.24. The summed E-state index contributed by atoms with van der Waals surface area (Å²) in [6.07, 6.45) is 1.76. The Morgan fingerprint density at radius 1 is 1.53 bits per heavy atom. The van der Waals surface area contributed by atoms with Crippen LogP contribution in [-0.2, 0) is 6.42 Å². The fraction of sp³-hybridized carbons (Fsp3) is 0.500. The standard InChI is InChI=1S/C12H17FN2/c1-15-8-6-9-3-2-4-10(13)12(9)11(15)5-7-14/h2-4,11H,5-8,14H2,1H3. The first-order valence-electron chi connectivity index (χ1n) is 5.41. The summed E-state index contributed by atoms with van der Waals surface area (Å²) in [6.45, 7) is 1.59. The lowest BCUT2D eigenvalue weighted by molar-refractivity contribution is 0.216. The second-order valence-corrected chi connectivity index (χ2v) is 4.14. The van der Waals surface area contributed by atoms with Crippen molar-refractivity contribution >= 4 is 0 Å². The zero-order valence-corrected chi connectivity index (χ0v) is 9.04. The third-order valence-corrected chi connectivity index (χ3v) is 3.18. The number of halogens is 1. The number of nitrogens with two attached hydrogens (primary N) is 1. The molecule has 0 aromatic heterocycles. The van der Waals surface area contributed by atoms with Gasteiger partial charge in [-0.05, 0) is 38.1 Å². The summed E-state index contributed by atoms with van der Waals surface area (Å²) in [5.74, 6) is -0.0856. The van der Waals surface area contributed by atoms with Gasteiger partial charge >= 0.3 is 0 Å². The van der Waals surface area contributed by atoms with E-state index in [1.165, 1.54) is 0 Å². The molecule has 1 aliphatic rings. The fourth-order valence-electron chi connectivity index (χ4n) is 2.37. The Hall–Kier alpha value is -0.930. The Morgan fingerprint density at radius 3 is 3.07 bits per heavy atom. The van der Waals surface area contributed by atoms with E-state index in [1.54, 1.807) is 12.1 Å². The van der Waals surface area contributed by atoms with Crippen LogP contribution in [0.15, 0.2) is 18.2 Å². The van der Waals surface area contributed by atoms with Gasteiger partial charge in [0.2, 0.25) is 0 Å². The van der Waals surface area contributed by atoms with Crippen LogP contribution in [0.3, 0.4) is 0 Å². The van der Waals surface area contributed by atoms with E-state index in [0.29, 0.717) is 6.54 Å². The number of hydrogen-bond acceptors (Lipinski definition) is 2. The molecule has 15 heavy (non-hydrogen) atoms. The fourth-order valence-corrected chi connectivity index (χ4v) is 2.37. The molecule has 0 saturated heterocycles. The number of benzene rings is 1. The van der Waals surface area contributed by atoms with E-state index in [1.807, 2.05) is 13.1 Å². The average Bonchev–Trinajstić information content (AvgIpc) is 2.23. The molecule has 1 unspecified atom stereocenters. The Labute approximate surface area is 89.9 Å². The summed E-state index contributed by atoms with van der Waals surface area (Å²) in [5.41, 5.74) is 7.58. The summed E-state index contributed by atoms with van der Waals surface area (Å²) >= 11 is 0. The molecule has 1 heterocycles. The molecule has 0 radical (unpaired) electrons. The van der Waals surface area contributed by atoms with Gasteiger partial charge in [-0.3, -0.25) is 4.90 Å². The Balaban J connectivity index is 2.41. The number of hydrogen-bond donors (Lipinski definition) is 1. The molecule has 0 spiro atoms. The van der Waals surface area contributed by atoms with Crippen LogP contribution in [0.1, 0.15) is 23.6 Å². The van der Waals surface area contributed by atoms with E-state index < -0.39 is 0 Å². The van der Waals surface area contributed by atoms with Gasteiger partial charge in [-0.2, -0.15) is 0 Å². The smallest absolute Gasteiger partial charge is 0.128 e. The third-order valence-electron chi connectivity index (χ3n) is 3.18. The number of fused-ring (bicyclic) bond motifs is 1. The lowest BCUT2D eigenvalue weighted by Crippen LogP contribution is -2.34. The van der Waals surface area contributed by atoms with E-state index in [-0.39, 0.29) is 11.9 Å². The quantitative estimate of drug-likeness (QED) is 0.801. The molecule has 82 valence electrons. The van der Waals surface area contributed by atoms with Crippen LogP contribution in [0.5, 0.6) is 0 Å². The summed E-state index contributed by atoms with van der Waals surface area (Å²) in [4.78, 5) is 2.19. The van der Waals surface area contributed by atoms with E-state index in [0.717, 1.165) is 30.5 Å². The van der Waals surface area contributed by atoms with Crippen LogP contribution < -0.4 is 5.73 Å². The van der Waals surface area contributed by atoms with E-state index in [4.69, 9.17) is 5.73 Å². The average molecular weight is 208 g/mol. The van der Waals surface area contributed by atoms with Gasteiger partial charge in [0, 0.05) is 18.2 Å². The second kappa shape index (κ2) is 4.29. The van der Waals surface area contributed by atoms with E-state index in [9.17, 15) is 4.39 Å². The lowest BCUT2D eigenvalue weighted by Gasteiger charge is -2.34. The highest BCUT2D eigenvalue weighted by Crippen LogP contribution is 2.32. The maximum absolute atomic E-state index is 13.8. The van der Waals surface area contributed by atoms with Gasteiger partial charge in [0.15, 0.2) is 0 Å². The molecular formula is C12H17FN2. The highest BCUT2D eigenvalue weighted by Gasteiger charge is 2.26. The molecular weight excluding hydrogens is 191 g/mol. The monoisotopic (exact) mass is 208 g/mol. The number of nitrogens with zero attached hydrogens (tertiary/aromatic N) is 1. The topological polar surface area (TPSA) is 29.3 Å². The first kappa shape index (κ1) is 10.6. The van der Waals surface area contributed by atoms with Crippen molar-refractivity contribution < 1.29 is 4.39 Å². The molecule has 1 aliphatic heterocycles. The van der Waals surface area contributed by atoms with Crippen molar-refractivity contribution in [2.45, 2.75) is 18.9 Å². The van der Waals surface area contributed by atoms with Gasteiger partial charge in [0.1, 0.15) is 5.82 Å². The minimum absolute atomic E-state index is 0.0856. The zero-order chi connectivity index (χ0) is 10.8. The minimum atomic E-state index is -0.0856. The van der Waals surface area contributed by atoms with Gasteiger partial charge in [-0.25, -0.2) is 4.39 Å². The molecule has 3 heteroatoms. The van der Waals surface area contributed by atoms with Crippen LogP contribution in [0.4, 0.5) is 4.39 Å². The Morgan fingerprint density at radius 2 is 2.33 bits per heavy atom. The highest BCUT2D eigenvalue weighted by atomic mass is 19.1. The third kappa shape index (κ3) is 1.90. The Kier molecular flexibility index (Phi) is 3.03. The SMILES string of the molecule is CN1CCc2cccc(F)c2C1CCN. The summed E-state index contributed by atoms with van der Waals surface area (Å²) in [6, 6.07) is 5.51. The normalized spacial score (nSPS) is 21.4. The molecule has 0 amide bonds. The van der Waals surface area contributed by atoms with Crippen molar-refractivity contribution in [1.29, 1.82) is 0 Å².